The fraction of sp³-hybridized carbons (Fsp3) is 0.300. The number of nitrogens with two attached hydrogens (primary N) is 1. The Labute approximate surface area is 93.2 Å². The largest absolute Gasteiger partial charge is 0.438 e. The first-order chi connectivity index (χ1) is 7.72. The Kier molecular flexibility index (Phi) is 2.39. The number of halogens is 4. The van der Waals surface area contributed by atoms with Gasteiger partial charge in [0.2, 0.25) is 5.89 Å². The van der Waals surface area contributed by atoms with Crippen molar-refractivity contribution in [2.45, 2.75) is 18.6 Å². The molecule has 2 aromatic rings. The summed E-state index contributed by atoms with van der Waals surface area (Å²) >= 11 is 0. The molecule has 1 unspecified atom stereocenters. The lowest BCUT2D eigenvalue weighted by atomic mass is 10.0. The van der Waals surface area contributed by atoms with Crippen LogP contribution < -0.4 is 5.73 Å². The van der Waals surface area contributed by atoms with E-state index in [0.717, 1.165) is 19.1 Å². The molecule has 1 atom stereocenters. The highest BCUT2D eigenvalue weighted by atomic mass is 19.4. The van der Waals surface area contributed by atoms with Crippen LogP contribution in [0.5, 0.6) is 0 Å². The van der Waals surface area contributed by atoms with Crippen LogP contribution in [0.15, 0.2) is 22.6 Å². The van der Waals surface area contributed by atoms with E-state index in [1.807, 2.05) is 0 Å². The molecule has 1 aromatic heterocycles. The van der Waals surface area contributed by atoms with Crippen molar-refractivity contribution in [1.29, 1.82) is 0 Å². The molecule has 0 aliphatic heterocycles. The molecule has 0 bridgehead atoms. The lowest BCUT2D eigenvalue weighted by molar-refractivity contribution is -0.189. The Morgan fingerprint density at radius 1 is 1.29 bits per heavy atom. The Morgan fingerprint density at radius 3 is 2.53 bits per heavy atom. The first-order valence-corrected chi connectivity index (χ1v) is 4.64. The monoisotopic (exact) mass is 248 g/mol. The number of hydrogen-bond acceptors (Lipinski definition) is 3. The molecule has 0 amide bonds. The van der Waals surface area contributed by atoms with Gasteiger partial charge in [-0.1, -0.05) is 0 Å². The van der Waals surface area contributed by atoms with Crippen LogP contribution in [0.4, 0.5) is 17.6 Å². The predicted octanol–water partition coefficient (Wildman–Crippen LogP) is 2.70. The van der Waals surface area contributed by atoms with Crippen LogP contribution in [0.3, 0.4) is 0 Å². The molecule has 1 aromatic carbocycles. The Balaban J connectivity index is 2.57. The van der Waals surface area contributed by atoms with Gasteiger partial charge in [0.05, 0.1) is 0 Å². The van der Waals surface area contributed by atoms with Gasteiger partial charge in [0, 0.05) is 6.07 Å². The van der Waals surface area contributed by atoms with Crippen LogP contribution in [0.2, 0.25) is 0 Å². The Bertz CT molecular complexity index is 559. The minimum absolute atomic E-state index is 0.0686. The highest BCUT2D eigenvalue weighted by molar-refractivity contribution is 5.72. The molecule has 7 heteroatoms. The van der Waals surface area contributed by atoms with E-state index in [2.05, 4.69) is 4.98 Å². The third-order valence-corrected chi connectivity index (χ3v) is 2.38. The lowest BCUT2D eigenvalue weighted by Gasteiger charge is -2.23. The van der Waals surface area contributed by atoms with E-state index in [4.69, 9.17) is 10.2 Å². The number of rotatable bonds is 1. The molecule has 2 N–H and O–H groups in total. The highest BCUT2D eigenvalue weighted by Gasteiger charge is 2.53. The van der Waals surface area contributed by atoms with E-state index in [-0.39, 0.29) is 11.1 Å². The summed E-state index contributed by atoms with van der Waals surface area (Å²) < 4.78 is 55.6. The van der Waals surface area contributed by atoms with E-state index >= 15 is 0 Å². The van der Waals surface area contributed by atoms with Gasteiger partial charge in [0.15, 0.2) is 11.1 Å². The summed E-state index contributed by atoms with van der Waals surface area (Å²) in [5.74, 6) is -1.31. The average molecular weight is 248 g/mol. The summed E-state index contributed by atoms with van der Waals surface area (Å²) in [6.07, 6.45) is -4.70. The second kappa shape index (κ2) is 3.43. The van der Waals surface area contributed by atoms with E-state index in [9.17, 15) is 17.6 Å². The number of aromatic nitrogens is 1. The van der Waals surface area contributed by atoms with Crippen molar-refractivity contribution in [1.82, 2.24) is 4.98 Å². The van der Waals surface area contributed by atoms with Crippen LogP contribution >= 0.6 is 0 Å². The number of fused-ring (bicyclic) bond motifs is 1. The van der Waals surface area contributed by atoms with Gasteiger partial charge in [-0.15, -0.1) is 0 Å². The standard InChI is InChI=1S/C10H8F4N2O/c1-9(15,10(12,13)14)8-16-6-3-2-5(11)4-7(6)17-8/h2-4H,15H2,1H3. The van der Waals surface area contributed by atoms with Crippen molar-refractivity contribution < 1.29 is 22.0 Å². The SMILES string of the molecule is CC(N)(c1nc2ccc(F)cc2o1)C(F)(F)F. The van der Waals surface area contributed by atoms with Gasteiger partial charge in [-0.2, -0.15) is 13.2 Å². The van der Waals surface area contributed by atoms with Crippen LogP contribution in [0.1, 0.15) is 12.8 Å². The molecule has 2 rings (SSSR count). The topological polar surface area (TPSA) is 52.0 Å². The zero-order valence-corrected chi connectivity index (χ0v) is 8.68. The lowest BCUT2D eigenvalue weighted by Crippen LogP contribution is -2.47. The zero-order chi connectivity index (χ0) is 12.8. The van der Waals surface area contributed by atoms with Crippen molar-refractivity contribution in [3.05, 3.63) is 29.9 Å². The smallest absolute Gasteiger partial charge is 0.415 e. The van der Waals surface area contributed by atoms with Gasteiger partial charge in [-0.25, -0.2) is 9.37 Å². The van der Waals surface area contributed by atoms with Crippen molar-refractivity contribution >= 4 is 11.1 Å². The van der Waals surface area contributed by atoms with E-state index in [1.54, 1.807) is 0 Å². The molecule has 0 aliphatic carbocycles. The minimum Gasteiger partial charge on any atom is -0.438 e. The average Bonchev–Trinajstić information content (AvgIpc) is 2.58. The highest BCUT2D eigenvalue weighted by Crippen LogP contribution is 2.36. The van der Waals surface area contributed by atoms with Crippen LogP contribution in [0, 0.1) is 5.82 Å². The maximum absolute atomic E-state index is 12.8. The van der Waals surface area contributed by atoms with Gasteiger partial charge in [-0.05, 0) is 19.1 Å². The second-order valence-electron chi connectivity index (χ2n) is 3.83. The summed E-state index contributed by atoms with van der Waals surface area (Å²) in [4.78, 5) is 3.61. The molecular weight excluding hydrogens is 240 g/mol. The fourth-order valence-corrected chi connectivity index (χ4v) is 1.24. The summed E-state index contributed by atoms with van der Waals surface area (Å²) in [5.41, 5.74) is 2.49. The number of alkyl halides is 3. The first-order valence-electron chi connectivity index (χ1n) is 4.64. The first kappa shape index (κ1) is 11.8. The zero-order valence-electron chi connectivity index (χ0n) is 8.68. The normalized spacial score (nSPS) is 16.1. The fourth-order valence-electron chi connectivity index (χ4n) is 1.24. The molecule has 0 radical (unpaired) electrons. The minimum atomic E-state index is -4.70. The summed E-state index contributed by atoms with van der Waals surface area (Å²) in [6.45, 7) is 0.744. The molecule has 0 spiro atoms. The molecule has 0 aliphatic rings. The number of benzene rings is 1. The molecule has 17 heavy (non-hydrogen) atoms. The van der Waals surface area contributed by atoms with Gasteiger partial charge in [-0.3, -0.25) is 0 Å². The van der Waals surface area contributed by atoms with Crippen LogP contribution in [-0.4, -0.2) is 11.2 Å². The number of oxazole rings is 1. The van der Waals surface area contributed by atoms with Crippen LogP contribution in [0.25, 0.3) is 11.1 Å². The van der Waals surface area contributed by atoms with Crippen molar-refractivity contribution in [3.8, 4) is 0 Å². The summed E-state index contributed by atoms with van der Waals surface area (Å²) in [6, 6.07) is 3.26. The molecule has 1 heterocycles. The predicted molar refractivity (Wildman–Crippen MR) is 51.6 cm³/mol. The molecule has 0 fully saturated rings. The number of hydrogen-bond donors (Lipinski definition) is 1. The van der Waals surface area contributed by atoms with Crippen LogP contribution in [-0.2, 0) is 5.54 Å². The van der Waals surface area contributed by atoms with E-state index in [1.165, 1.54) is 6.07 Å². The molecule has 92 valence electrons. The Morgan fingerprint density at radius 2 is 1.94 bits per heavy atom. The molecule has 0 saturated carbocycles. The van der Waals surface area contributed by atoms with Crippen molar-refractivity contribution in [3.63, 3.8) is 0 Å². The molecular formula is C10H8F4N2O. The van der Waals surface area contributed by atoms with Crippen molar-refractivity contribution in [2.75, 3.05) is 0 Å². The second-order valence-corrected chi connectivity index (χ2v) is 3.83. The van der Waals surface area contributed by atoms with Gasteiger partial charge < -0.3 is 10.2 Å². The molecule has 0 saturated heterocycles. The third kappa shape index (κ3) is 1.86. The van der Waals surface area contributed by atoms with Gasteiger partial charge in [0.25, 0.3) is 0 Å². The summed E-state index contributed by atoms with van der Waals surface area (Å²) in [5, 5.41) is 0. The third-order valence-electron chi connectivity index (χ3n) is 2.38. The maximum Gasteiger partial charge on any atom is 0.415 e. The summed E-state index contributed by atoms with van der Waals surface area (Å²) in [7, 11) is 0. The Hall–Kier alpha value is -1.63. The number of nitrogens with zero attached hydrogens (tertiary/aromatic N) is 1. The van der Waals surface area contributed by atoms with Crippen molar-refractivity contribution in [2.24, 2.45) is 5.73 Å². The van der Waals surface area contributed by atoms with E-state index < -0.39 is 23.4 Å². The quantitative estimate of drug-likeness (QED) is 0.789. The molecule has 3 nitrogen and oxygen atoms in total. The van der Waals surface area contributed by atoms with Gasteiger partial charge >= 0.3 is 6.18 Å². The van der Waals surface area contributed by atoms with E-state index in [0.29, 0.717) is 0 Å². The van der Waals surface area contributed by atoms with Gasteiger partial charge in [0.1, 0.15) is 11.3 Å². The maximum atomic E-state index is 12.8.